The van der Waals surface area contributed by atoms with Gasteiger partial charge in [-0.1, -0.05) is 38.3 Å². The minimum atomic E-state index is -0.143. The van der Waals surface area contributed by atoms with Crippen molar-refractivity contribution in [3.05, 3.63) is 35.4 Å². The zero-order valence-electron chi connectivity index (χ0n) is 13.7. The first-order chi connectivity index (χ1) is 10.7. The van der Waals surface area contributed by atoms with Gasteiger partial charge >= 0.3 is 5.97 Å². The molecule has 22 heavy (non-hydrogen) atoms. The standard InChI is InChI=1S/C20H28O2/c1-15-7-9-16(10-8-15)17-11-13-18(14-12-17)20(21)22-19-5-3-2-4-6-19/h11-16,19H,2-10H2,1H3. The van der Waals surface area contributed by atoms with Crippen LogP contribution in [0.2, 0.25) is 0 Å². The topological polar surface area (TPSA) is 26.3 Å². The normalized spacial score (nSPS) is 26.6. The van der Waals surface area contributed by atoms with Crippen LogP contribution in [0.3, 0.4) is 0 Å². The Kier molecular flexibility index (Phi) is 5.17. The van der Waals surface area contributed by atoms with Crippen molar-refractivity contribution in [1.82, 2.24) is 0 Å². The molecule has 0 bridgehead atoms. The first kappa shape index (κ1) is 15.6. The summed E-state index contributed by atoms with van der Waals surface area (Å²) < 4.78 is 5.64. The Morgan fingerprint density at radius 2 is 1.55 bits per heavy atom. The van der Waals surface area contributed by atoms with Gasteiger partial charge in [-0.3, -0.25) is 0 Å². The van der Waals surface area contributed by atoms with Gasteiger partial charge < -0.3 is 4.74 Å². The first-order valence-electron chi connectivity index (χ1n) is 9.03. The number of carbonyl (C=O) groups excluding carboxylic acids is 1. The van der Waals surface area contributed by atoms with E-state index >= 15 is 0 Å². The van der Waals surface area contributed by atoms with Crippen LogP contribution in [0.4, 0.5) is 0 Å². The maximum absolute atomic E-state index is 12.2. The summed E-state index contributed by atoms with van der Waals surface area (Å²) in [5.41, 5.74) is 2.10. The molecule has 0 saturated heterocycles. The quantitative estimate of drug-likeness (QED) is 0.692. The molecule has 0 aliphatic heterocycles. The summed E-state index contributed by atoms with van der Waals surface area (Å²) in [7, 11) is 0. The molecule has 1 aromatic rings. The van der Waals surface area contributed by atoms with E-state index < -0.39 is 0 Å². The summed E-state index contributed by atoms with van der Waals surface area (Å²) in [6.45, 7) is 2.35. The van der Waals surface area contributed by atoms with Crippen molar-refractivity contribution in [2.45, 2.75) is 76.7 Å². The van der Waals surface area contributed by atoms with E-state index in [1.165, 1.54) is 50.5 Å². The molecular formula is C20H28O2. The molecule has 0 atom stereocenters. The highest BCUT2D eigenvalue weighted by molar-refractivity contribution is 5.89. The van der Waals surface area contributed by atoms with Crippen molar-refractivity contribution in [2.75, 3.05) is 0 Å². The van der Waals surface area contributed by atoms with Gasteiger partial charge in [-0.2, -0.15) is 0 Å². The molecule has 1 aromatic carbocycles. The first-order valence-corrected chi connectivity index (χ1v) is 9.03. The molecule has 0 spiro atoms. The average molecular weight is 300 g/mol. The molecule has 2 fully saturated rings. The summed E-state index contributed by atoms with van der Waals surface area (Å²) in [5, 5.41) is 0. The second kappa shape index (κ2) is 7.30. The largest absolute Gasteiger partial charge is 0.459 e. The number of ether oxygens (including phenoxy) is 1. The van der Waals surface area contributed by atoms with Crippen LogP contribution in [0.5, 0.6) is 0 Å². The van der Waals surface area contributed by atoms with E-state index in [1.807, 2.05) is 12.1 Å². The smallest absolute Gasteiger partial charge is 0.338 e. The Hall–Kier alpha value is -1.31. The number of hydrogen-bond donors (Lipinski definition) is 0. The average Bonchev–Trinajstić information content (AvgIpc) is 2.57. The van der Waals surface area contributed by atoms with Crippen LogP contribution < -0.4 is 0 Å². The third-order valence-corrected chi connectivity index (χ3v) is 5.46. The predicted octanol–water partition coefficient (Wildman–Crippen LogP) is 5.47. The van der Waals surface area contributed by atoms with Gasteiger partial charge in [-0.15, -0.1) is 0 Å². The van der Waals surface area contributed by atoms with Crippen molar-refractivity contribution in [1.29, 1.82) is 0 Å². The van der Waals surface area contributed by atoms with Crippen molar-refractivity contribution >= 4 is 5.97 Å². The van der Waals surface area contributed by atoms with E-state index in [0.29, 0.717) is 11.5 Å². The second-order valence-corrected chi connectivity index (χ2v) is 7.24. The van der Waals surface area contributed by atoms with E-state index in [1.54, 1.807) is 0 Å². The fourth-order valence-corrected chi connectivity index (χ4v) is 3.89. The van der Waals surface area contributed by atoms with Crippen molar-refractivity contribution in [3.8, 4) is 0 Å². The molecule has 2 nitrogen and oxygen atoms in total. The molecule has 2 aliphatic rings. The lowest BCUT2D eigenvalue weighted by Crippen LogP contribution is -2.21. The van der Waals surface area contributed by atoms with Crippen molar-refractivity contribution in [2.24, 2.45) is 5.92 Å². The lowest BCUT2D eigenvalue weighted by Gasteiger charge is -2.26. The fraction of sp³-hybridized carbons (Fsp3) is 0.650. The Labute approximate surface area is 134 Å². The lowest BCUT2D eigenvalue weighted by atomic mass is 9.79. The molecule has 2 heteroatoms. The zero-order valence-corrected chi connectivity index (χ0v) is 13.7. The molecule has 2 saturated carbocycles. The molecule has 0 N–H and O–H groups in total. The molecule has 2 aliphatic carbocycles. The van der Waals surface area contributed by atoms with Gasteiger partial charge in [0.25, 0.3) is 0 Å². The molecule has 0 heterocycles. The van der Waals surface area contributed by atoms with E-state index in [2.05, 4.69) is 19.1 Å². The van der Waals surface area contributed by atoms with Gasteiger partial charge in [-0.25, -0.2) is 4.79 Å². The van der Waals surface area contributed by atoms with E-state index in [0.717, 1.165) is 18.8 Å². The highest BCUT2D eigenvalue weighted by Crippen LogP contribution is 2.35. The van der Waals surface area contributed by atoms with Crippen LogP contribution in [-0.4, -0.2) is 12.1 Å². The minimum absolute atomic E-state index is 0.140. The van der Waals surface area contributed by atoms with Crippen LogP contribution in [0.25, 0.3) is 0 Å². The van der Waals surface area contributed by atoms with Crippen LogP contribution in [0, 0.1) is 5.92 Å². The van der Waals surface area contributed by atoms with Crippen LogP contribution in [0.15, 0.2) is 24.3 Å². The predicted molar refractivity (Wildman–Crippen MR) is 89.1 cm³/mol. The Bertz CT molecular complexity index is 477. The number of esters is 1. The highest BCUT2D eigenvalue weighted by Gasteiger charge is 2.21. The van der Waals surface area contributed by atoms with E-state index in [9.17, 15) is 4.79 Å². The number of benzene rings is 1. The molecule has 0 aromatic heterocycles. The summed E-state index contributed by atoms with van der Waals surface area (Å²) >= 11 is 0. The van der Waals surface area contributed by atoms with Crippen molar-refractivity contribution < 1.29 is 9.53 Å². The minimum Gasteiger partial charge on any atom is -0.459 e. The number of carbonyl (C=O) groups is 1. The van der Waals surface area contributed by atoms with Gasteiger partial charge in [-0.05, 0) is 68.1 Å². The summed E-state index contributed by atoms with van der Waals surface area (Å²) in [4.78, 5) is 12.2. The van der Waals surface area contributed by atoms with Gasteiger partial charge in [0.1, 0.15) is 6.10 Å². The second-order valence-electron chi connectivity index (χ2n) is 7.24. The molecule has 0 radical (unpaired) electrons. The summed E-state index contributed by atoms with van der Waals surface area (Å²) in [5.74, 6) is 1.41. The molecule has 0 amide bonds. The van der Waals surface area contributed by atoms with Crippen LogP contribution >= 0.6 is 0 Å². The number of hydrogen-bond acceptors (Lipinski definition) is 2. The monoisotopic (exact) mass is 300 g/mol. The SMILES string of the molecule is CC1CCC(c2ccc(C(=O)OC3CCCCC3)cc2)CC1. The number of rotatable bonds is 3. The Morgan fingerprint density at radius 3 is 2.18 bits per heavy atom. The maximum Gasteiger partial charge on any atom is 0.338 e. The third-order valence-electron chi connectivity index (χ3n) is 5.46. The van der Waals surface area contributed by atoms with Gasteiger partial charge in [0.05, 0.1) is 5.56 Å². The third kappa shape index (κ3) is 3.91. The maximum atomic E-state index is 12.2. The van der Waals surface area contributed by atoms with E-state index in [4.69, 9.17) is 4.74 Å². The van der Waals surface area contributed by atoms with Crippen LogP contribution in [-0.2, 0) is 4.74 Å². The van der Waals surface area contributed by atoms with Crippen LogP contribution in [0.1, 0.15) is 86.6 Å². The Morgan fingerprint density at radius 1 is 0.909 bits per heavy atom. The molecule has 120 valence electrons. The fourth-order valence-electron chi connectivity index (χ4n) is 3.89. The zero-order chi connectivity index (χ0) is 15.4. The summed E-state index contributed by atoms with van der Waals surface area (Å²) in [6.07, 6.45) is 11.1. The van der Waals surface area contributed by atoms with Crippen molar-refractivity contribution in [3.63, 3.8) is 0 Å². The van der Waals surface area contributed by atoms with E-state index in [-0.39, 0.29) is 12.1 Å². The molecular weight excluding hydrogens is 272 g/mol. The van der Waals surface area contributed by atoms with Gasteiger partial charge in [0.2, 0.25) is 0 Å². The Balaban J connectivity index is 1.57. The molecule has 3 rings (SSSR count). The molecule has 0 unspecified atom stereocenters. The summed E-state index contributed by atoms with van der Waals surface area (Å²) in [6, 6.07) is 8.19. The van der Waals surface area contributed by atoms with Gasteiger partial charge in [0, 0.05) is 0 Å². The highest BCUT2D eigenvalue weighted by atomic mass is 16.5. The lowest BCUT2D eigenvalue weighted by molar-refractivity contribution is 0.0211. The van der Waals surface area contributed by atoms with Gasteiger partial charge in [0.15, 0.2) is 0 Å².